The molecule has 1 fully saturated rings. The Labute approximate surface area is 120 Å². The van der Waals surface area contributed by atoms with E-state index < -0.39 is 12.1 Å². The Morgan fingerprint density at radius 1 is 1.35 bits per heavy atom. The summed E-state index contributed by atoms with van der Waals surface area (Å²) in [4.78, 5) is 24.5. The summed E-state index contributed by atoms with van der Waals surface area (Å²) in [5, 5.41) is 8.90. The first-order chi connectivity index (χ1) is 9.58. The van der Waals surface area contributed by atoms with Crippen LogP contribution in [0.2, 0.25) is 0 Å². The standard InChI is InChI=1S/C14H25NO5/c1-3-12(20-11-6-4-5-7-11)14(18)15(8-9-19-2)10-13(16)17/h11-12H,3-10H2,1-2H3,(H,16,17). The lowest BCUT2D eigenvalue weighted by atomic mass is 10.2. The van der Waals surface area contributed by atoms with Gasteiger partial charge in [-0.1, -0.05) is 19.8 Å². The summed E-state index contributed by atoms with van der Waals surface area (Å²) in [6, 6.07) is 0. The van der Waals surface area contributed by atoms with Crippen LogP contribution in [0.3, 0.4) is 0 Å². The topological polar surface area (TPSA) is 76.1 Å². The molecule has 0 spiro atoms. The molecule has 0 aromatic heterocycles. The van der Waals surface area contributed by atoms with Gasteiger partial charge in [-0.2, -0.15) is 0 Å². The Balaban J connectivity index is 2.59. The van der Waals surface area contributed by atoms with Crippen molar-refractivity contribution in [2.75, 3.05) is 26.8 Å². The summed E-state index contributed by atoms with van der Waals surface area (Å²) in [6.07, 6.45) is 4.39. The number of carboxylic acid groups (broad SMARTS) is 1. The van der Waals surface area contributed by atoms with Crippen molar-refractivity contribution in [2.24, 2.45) is 0 Å². The van der Waals surface area contributed by atoms with Crippen LogP contribution in [0.15, 0.2) is 0 Å². The van der Waals surface area contributed by atoms with Gasteiger partial charge in [-0.3, -0.25) is 9.59 Å². The normalized spacial score (nSPS) is 17.1. The molecule has 1 N–H and O–H groups in total. The number of aliphatic carboxylic acids is 1. The third kappa shape index (κ3) is 5.46. The molecule has 1 unspecified atom stereocenters. The van der Waals surface area contributed by atoms with Gasteiger partial charge in [0, 0.05) is 13.7 Å². The van der Waals surface area contributed by atoms with Gasteiger partial charge in [0.15, 0.2) is 0 Å². The second kappa shape index (κ2) is 8.92. The van der Waals surface area contributed by atoms with E-state index in [4.69, 9.17) is 14.6 Å². The quantitative estimate of drug-likeness (QED) is 0.691. The van der Waals surface area contributed by atoms with Crippen molar-refractivity contribution >= 4 is 11.9 Å². The van der Waals surface area contributed by atoms with Crippen molar-refractivity contribution in [3.8, 4) is 0 Å². The summed E-state index contributed by atoms with van der Waals surface area (Å²) >= 11 is 0. The molecule has 6 nitrogen and oxygen atoms in total. The summed E-state index contributed by atoms with van der Waals surface area (Å²) in [6.45, 7) is 2.16. The smallest absolute Gasteiger partial charge is 0.323 e. The van der Waals surface area contributed by atoms with Crippen LogP contribution in [0, 0.1) is 0 Å². The molecule has 1 rings (SSSR count). The number of amides is 1. The highest BCUT2D eigenvalue weighted by Crippen LogP contribution is 2.23. The van der Waals surface area contributed by atoms with Crippen molar-refractivity contribution in [3.63, 3.8) is 0 Å². The van der Waals surface area contributed by atoms with E-state index in [2.05, 4.69) is 0 Å². The summed E-state index contributed by atoms with van der Waals surface area (Å²) < 4.78 is 10.8. The van der Waals surface area contributed by atoms with Crippen LogP contribution in [0.4, 0.5) is 0 Å². The highest BCUT2D eigenvalue weighted by molar-refractivity contribution is 5.84. The lowest BCUT2D eigenvalue weighted by Gasteiger charge is -2.27. The van der Waals surface area contributed by atoms with Gasteiger partial charge < -0.3 is 19.5 Å². The van der Waals surface area contributed by atoms with Crippen LogP contribution in [-0.4, -0.2) is 60.9 Å². The molecule has 1 saturated carbocycles. The second-order valence-electron chi connectivity index (χ2n) is 5.09. The average molecular weight is 287 g/mol. The maximum absolute atomic E-state index is 12.4. The molecule has 20 heavy (non-hydrogen) atoms. The maximum Gasteiger partial charge on any atom is 0.323 e. The van der Waals surface area contributed by atoms with E-state index in [1.807, 2.05) is 6.92 Å². The van der Waals surface area contributed by atoms with Gasteiger partial charge in [-0.15, -0.1) is 0 Å². The number of ether oxygens (including phenoxy) is 2. The molecular weight excluding hydrogens is 262 g/mol. The molecule has 0 aromatic rings. The van der Waals surface area contributed by atoms with Crippen LogP contribution in [-0.2, 0) is 19.1 Å². The Hall–Kier alpha value is -1.14. The predicted molar refractivity (Wildman–Crippen MR) is 73.5 cm³/mol. The van der Waals surface area contributed by atoms with Crippen molar-refractivity contribution in [3.05, 3.63) is 0 Å². The largest absolute Gasteiger partial charge is 0.480 e. The highest BCUT2D eigenvalue weighted by Gasteiger charge is 2.28. The van der Waals surface area contributed by atoms with Crippen LogP contribution >= 0.6 is 0 Å². The van der Waals surface area contributed by atoms with E-state index in [0.717, 1.165) is 25.7 Å². The van der Waals surface area contributed by atoms with E-state index in [1.54, 1.807) is 0 Å². The third-order valence-corrected chi connectivity index (χ3v) is 3.51. The third-order valence-electron chi connectivity index (χ3n) is 3.51. The first-order valence-electron chi connectivity index (χ1n) is 7.23. The van der Waals surface area contributed by atoms with E-state index >= 15 is 0 Å². The lowest BCUT2D eigenvalue weighted by Crippen LogP contribution is -2.45. The minimum absolute atomic E-state index is 0.137. The number of carbonyl (C=O) groups is 2. The molecule has 0 aliphatic heterocycles. The van der Waals surface area contributed by atoms with Crippen molar-refractivity contribution in [2.45, 2.75) is 51.2 Å². The molecule has 0 aromatic carbocycles. The number of carbonyl (C=O) groups excluding carboxylic acids is 1. The van der Waals surface area contributed by atoms with Crippen LogP contribution in [0.5, 0.6) is 0 Å². The van der Waals surface area contributed by atoms with Gasteiger partial charge in [0.25, 0.3) is 5.91 Å². The molecule has 0 heterocycles. The Morgan fingerprint density at radius 3 is 2.50 bits per heavy atom. The fourth-order valence-electron chi connectivity index (χ4n) is 2.42. The molecule has 0 saturated heterocycles. The minimum Gasteiger partial charge on any atom is -0.480 e. The Morgan fingerprint density at radius 2 is 2.00 bits per heavy atom. The number of rotatable bonds is 9. The maximum atomic E-state index is 12.4. The Kier molecular flexibility index (Phi) is 7.54. The summed E-state index contributed by atoms with van der Waals surface area (Å²) in [7, 11) is 1.52. The fraction of sp³-hybridized carbons (Fsp3) is 0.857. The van der Waals surface area contributed by atoms with Crippen molar-refractivity contribution in [1.29, 1.82) is 0 Å². The first kappa shape index (κ1) is 16.9. The van der Waals surface area contributed by atoms with Gasteiger partial charge >= 0.3 is 5.97 Å². The van der Waals surface area contributed by atoms with Crippen molar-refractivity contribution in [1.82, 2.24) is 4.90 Å². The zero-order valence-corrected chi connectivity index (χ0v) is 12.3. The van der Waals surface area contributed by atoms with Crippen molar-refractivity contribution < 1.29 is 24.2 Å². The van der Waals surface area contributed by atoms with Gasteiger partial charge in [0.1, 0.15) is 12.6 Å². The zero-order valence-electron chi connectivity index (χ0n) is 12.3. The second-order valence-corrected chi connectivity index (χ2v) is 5.09. The van der Waals surface area contributed by atoms with Crippen LogP contribution in [0.25, 0.3) is 0 Å². The predicted octanol–water partition coefficient (Wildman–Crippen LogP) is 1.28. The molecule has 116 valence electrons. The monoisotopic (exact) mass is 287 g/mol. The van der Waals surface area contributed by atoms with E-state index in [-0.39, 0.29) is 25.1 Å². The number of hydrogen-bond donors (Lipinski definition) is 1. The van der Waals surface area contributed by atoms with E-state index in [1.165, 1.54) is 12.0 Å². The SMILES string of the molecule is CCC(OC1CCCC1)C(=O)N(CCOC)CC(=O)O. The molecule has 1 amide bonds. The molecule has 6 heteroatoms. The molecule has 1 aliphatic carbocycles. The number of nitrogens with zero attached hydrogens (tertiary/aromatic N) is 1. The fourth-order valence-corrected chi connectivity index (χ4v) is 2.42. The van der Waals surface area contributed by atoms with Crippen LogP contribution < -0.4 is 0 Å². The molecule has 0 radical (unpaired) electrons. The van der Waals surface area contributed by atoms with Gasteiger partial charge in [-0.05, 0) is 19.3 Å². The van der Waals surface area contributed by atoms with E-state index in [9.17, 15) is 9.59 Å². The molecule has 1 atom stereocenters. The van der Waals surface area contributed by atoms with E-state index in [0.29, 0.717) is 13.0 Å². The molecular formula is C14H25NO5. The first-order valence-corrected chi connectivity index (χ1v) is 7.23. The Bertz CT molecular complexity index is 315. The highest BCUT2D eigenvalue weighted by atomic mass is 16.5. The average Bonchev–Trinajstić information content (AvgIpc) is 2.92. The zero-order chi connectivity index (χ0) is 15.0. The number of hydrogen-bond acceptors (Lipinski definition) is 4. The lowest BCUT2D eigenvalue weighted by molar-refractivity contribution is -0.154. The molecule has 1 aliphatic rings. The number of methoxy groups -OCH3 is 1. The summed E-state index contributed by atoms with van der Waals surface area (Å²) in [5.41, 5.74) is 0. The van der Waals surface area contributed by atoms with Gasteiger partial charge in [-0.25, -0.2) is 0 Å². The van der Waals surface area contributed by atoms with Crippen LogP contribution in [0.1, 0.15) is 39.0 Å². The minimum atomic E-state index is -1.02. The van der Waals surface area contributed by atoms with Gasteiger partial charge in [0.05, 0.1) is 12.7 Å². The summed E-state index contributed by atoms with van der Waals surface area (Å²) in [5.74, 6) is -1.27. The number of carboxylic acids is 1. The molecule has 0 bridgehead atoms. The van der Waals surface area contributed by atoms with Gasteiger partial charge in [0.2, 0.25) is 0 Å².